The minimum atomic E-state index is -0.508. The maximum Gasteiger partial charge on any atom is 0.328 e. The Balaban J connectivity index is 2.69. The molecule has 1 rings (SSSR count). The Bertz CT molecular complexity index is 385. The molecule has 0 saturated heterocycles. The van der Waals surface area contributed by atoms with Gasteiger partial charge in [-0.2, -0.15) is 0 Å². The molecular formula is C10H12Cl2N2O2. The molecule has 0 saturated carbocycles. The summed E-state index contributed by atoms with van der Waals surface area (Å²) < 4.78 is 4.84. The summed E-state index contributed by atoms with van der Waals surface area (Å²) >= 11 is 11.6. The number of pyridine rings is 1. The van der Waals surface area contributed by atoms with Crippen molar-refractivity contribution in [2.24, 2.45) is 0 Å². The van der Waals surface area contributed by atoms with Gasteiger partial charge in [-0.05, 0) is 19.9 Å². The number of hydrogen-bond donors (Lipinski definition) is 1. The van der Waals surface area contributed by atoms with Crippen LogP contribution in [0.3, 0.4) is 0 Å². The summed E-state index contributed by atoms with van der Waals surface area (Å²) in [6, 6.07) is 1.04. The van der Waals surface area contributed by atoms with Crippen molar-refractivity contribution in [1.29, 1.82) is 0 Å². The lowest BCUT2D eigenvalue weighted by Crippen LogP contribution is -2.28. The van der Waals surface area contributed by atoms with Crippen LogP contribution in [0.2, 0.25) is 10.0 Å². The van der Waals surface area contributed by atoms with Crippen molar-refractivity contribution in [1.82, 2.24) is 4.98 Å². The van der Waals surface area contributed by atoms with Crippen LogP contribution < -0.4 is 5.32 Å². The van der Waals surface area contributed by atoms with Crippen molar-refractivity contribution in [3.63, 3.8) is 0 Å². The Morgan fingerprint density at radius 2 is 2.31 bits per heavy atom. The molecule has 88 valence electrons. The fraction of sp³-hybridized carbons (Fsp3) is 0.400. The summed E-state index contributed by atoms with van der Waals surface area (Å²) in [5.41, 5.74) is 0. The molecule has 4 nitrogen and oxygen atoms in total. The highest BCUT2D eigenvalue weighted by Gasteiger charge is 2.15. The van der Waals surface area contributed by atoms with Crippen molar-refractivity contribution >= 4 is 35.0 Å². The third-order valence-corrected chi connectivity index (χ3v) is 2.30. The minimum absolute atomic E-state index is 0.340. The minimum Gasteiger partial charge on any atom is -0.464 e. The predicted molar refractivity (Wildman–Crippen MR) is 64.0 cm³/mol. The van der Waals surface area contributed by atoms with E-state index in [1.54, 1.807) is 19.9 Å². The van der Waals surface area contributed by atoms with E-state index in [0.29, 0.717) is 22.5 Å². The van der Waals surface area contributed by atoms with E-state index < -0.39 is 6.04 Å². The van der Waals surface area contributed by atoms with E-state index in [1.807, 2.05) is 0 Å². The van der Waals surface area contributed by atoms with Gasteiger partial charge in [0.1, 0.15) is 11.9 Å². The second kappa shape index (κ2) is 5.92. The summed E-state index contributed by atoms with van der Waals surface area (Å²) in [5.74, 6) is 0.0573. The number of aromatic nitrogens is 1. The monoisotopic (exact) mass is 262 g/mol. The molecule has 1 heterocycles. The summed E-state index contributed by atoms with van der Waals surface area (Å²) in [6.45, 7) is 3.76. The molecule has 1 aromatic rings. The molecule has 0 aliphatic carbocycles. The second-order valence-corrected chi connectivity index (χ2v) is 3.95. The number of halogens is 2. The largest absolute Gasteiger partial charge is 0.464 e. The van der Waals surface area contributed by atoms with Crippen molar-refractivity contribution in [2.75, 3.05) is 11.9 Å². The van der Waals surface area contributed by atoms with Crippen LogP contribution in [-0.2, 0) is 9.53 Å². The number of carbonyl (C=O) groups excluding carboxylic acids is 1. The fourth-order valence-electron chi connectivity index (χ4n) is 1.05. The van der Waals surface area contributed by atoms with Crippen LogP contribution in [0.25, 0.3) is 0 Å². The van der Waals surface area contributed by atoms with Gasteiger partial charge in [-0.1, -0.05) is 23.2 Å². The molecule has 1 aromatic heterocycles. The van der Waals surface area contributed by atoms with Gasteiger partial charge in [0, 0.05) is 6.20 Å². The number of nitrogens with zero attached hydrogens (tertiary/aromatic N) is 1. The van der Waals surface area contributed by atoms with Gasteiger partial charge in [-0.3, -0.25) is 0 Å². The van der Waals surface area contributed by atoms with Gasteiger partial charge in [0.15, 0.2) is 0 Å². The average Bonchev–Trinajstić information content (AvgIpc) is 2.22. The van der Waals surface area contributed by atoms with Crippen LogP contribution in [0.15, 0.2) is 12.3 Å². The van der Waals surface area contributed by atoms with Gasteiger partial charge in [-0.25, -0.2) is 9.78 Å². The van der Waals surface area contributed by atoms with E-state index in [2.05, 4.69) is 10.3 Å². The van der Waals surface area contributed by atoms with E-state index in [9.17, 15) is 4.79 Å². The molecule has 0 spiro atoms. The SMILES string of the molecule is CCOC(=O)C(C)Nc1ncc(Cl)cc1Cl. The van der Waals surface area contributed by atoms with Gasteiger partial charge in [0.2, 0.25) is 0 Å². The average molecular weight is 263 g/mol. The first kappa shape index (κ1) is 13.1. The molecule has 0 aliphatic rings. The van der Waals surface area contributed by atoms with E-state index in [-0.39, 0.29) is 5.97 Å². The molecule has 0 bridgehead atoms. The molecule has 0 amide bonds. The van der Waals surface area contributed by atoms with Crippen LogP contribution >= 0.6 is 23.2 Å². The van der Waals surface area contributed by atoms with E-state index in [4.69, 9.17) is 27.9 Å². The quantitative estimate of drug-likeness (QED) is 0.848. The van der Waals surface area contributed by atoms with Gasteiger partial charge >= 0.3 is 5.97 Å². The molecule has 0 aromatic carbocycles. The molecule has 0 radical (unpaired) electrons. The highest BCUT2D eigenvalue weighted by Crippen LogP contribution is 2.23. The fourth-order valence-corrected chi connectivity index (χ4v) is 1.49. The summed E-state index contributed by atoms with van der Waals surface area (Å²) in [7, 11) is 0. The molecule has 0 aliphatic heterocycles. The molecule has 1 atom stereocenters. The van der Waals surface area contributed by atoms with Crippen LogP contribution in [0.5, 0.6) is 0 Å². The van der Waals surface area contributed by atoms with Crippen LogP contribution in [0, 0.1) is 0 Å². The van der Waals surface area contributed by atoms with Crippen molar-refractivity contribution in [2.45, 2.75) is 19.9 Å². The van der Waals surface area contributed by atoms with Crippen molar-refractivity contribution in [3.8, 4) is 0 Å². The number of carbonyl (C=O) groups is 1. The molecule has 1 unspecified atom stereocenters. The molecule has 0 fully saturated rings. The first-order valence-corrected chi connectivity index (χ1v) is 5.54. The first-order chi connectivity index (χ1) is 7.54. The number of nitrogens with one attached hydrogen (secondary N) is 1. The van der Waals surface area contributed by atoms with E-state index in [0.717, 1.165) is 0 Å². The highest BCUT2D eigenvalue weighted by atomic mass is 35.5. The third-order valence-electron chi connectivity index (χ3n) is 1.80. The highest BCUT2D eigenvalue weighted by molar-refractivity contribution is 6.36. The zero-order valence-electron chi connectivity index (χ0n) is 8.96. The Morgan fingerprint density at radius 1 is 1.62 bits per heavy atom. The lowest BCUT2D eigenvalue weighted by atomic mass is 10.3. The maximum atomic E-state index is 11.3. The lowest BCUT2D eigenvalue weighted by Gasteiger charge is -2.13. The summed E-state index contributed by atoms with van der Waals surface area (Å²) in [5, 5.41) is 3.65. The number of anilines is 1. The topological polar surface area (TPSA) is 51.2 Å². The normalized spacial score (nSPS) is 12.0. The number of ether oxygens (including phenoxy) is 1. The standard InChI is InChI=1S/C10H12Cl2N2O2/c1-3-16-10(15)6(2)14-9-8(12)4-7(11)5-13-9/h4-6H,3H2,1-2H3,(H,13,14). The smallest absolute Gasteiger partial charge is 0.328 e. The van der Waals surface area contributed by atoms with Crippen LogP contribution in [0.4, 0.5) is 5.82 Å². The maximum absolute atomic E-state index is 11.3. The number of esters is 1. The third kappa shape index (κ3) is 3.54. The summed E-state index contributed by atoms with van der Waals surface area (Å²) in [6.07, 6.45) is 1.45. The van der Waals surface area contributed by atoms with Gasteiger partial charge < -0.3 is 10.1 Å². The summed E-state index contributed by atoms with van der Waals surface area (Å²) in [4.78, 5) is 15.3. The Hall–Kier alpha value is -1.000. The van der Waals surface area contributed by atoms with Crippen LogP contribution in [0.1, 0.15) is 13.8 Å². The Kier molecular flexibility index (Phi) is 4.83. The lowest BCUT2D eigenvalue weighted by molar-refractivity contribution is -0.143. The van der Waals surface area contributed by atoms with Crippen LogP contribution in [-0.4, -0.2) is 23.6 Å². The van der Waals surface area contributed by atoms with E-state index in [1.165, 1.54) is 6.20 Å². The van der Waals surface area contributed by atoms with Gasteiger partial charge in [0.25, 0.3) is 0 Å². The zero-order chi connectivity index (χ0) is 12.1. The Morgan fingerprint density at radius 3 is 2.88 bits per heavy atom. The Labute approximate surface area is 104 Å². The van der Waals surface area contributed by atoms with Gasteiger partial charge in [-0.15, -0.1) is 0 Å². The molecule has 16 heavy (non-hydrogen) atoms. The van der Waals surface area contributed by atoms with E-state index >= 15 is 0 Å². The molecule has 6 heteroatoms. The van der Waals surface area contributed by atoms with Gasteiger partial charge in [0.05, 0.1) is 16.7 Å². The van der Waals surface area contributed by atoms with Crippen molar-refractivity contribution < 1.29 is 9.53 Å². The molecule has 1 N–H and O–H groups in total. The first-order valence-electron chi connectivity index (χ1n) is 4.78. The second-order valence-electron chi connectivity index (χ2n) is 3.10. The molecular weight excluding hydrogens is 251 g/mol. The van der Waals surface area contributed by atoms with Crippen molar-refractivity contribution in [3.05, 3.63) is 22.3 Å². The predicted octanol–water partition coefficient (Wildman–Crippen LogP) is 2.75. The number of hydrogen-bond acceptors (Lipinski definition) is 4. The number of rotatable bonds is 4. The zero-order valence-corrected chi connectivity index (χ0v) is 10.5.